The summed E-state index contributed by atoms with van der Waals surface area (Å²) in [6.45, 7) is 2.44. The molecule has 0 heterocycles. The fourth-order valence-corrected chi connectivity index (χ4v) is 2.21. The molecule has 0 saturated heterocycles. The Morgan fingerprint density at radius 1 is 0.958 bits per heavy atom. The maximum atomic E-state index is 11.1. The number of nitro benzene ring substituents is 1. The van der Waals surface area contributed by atoms with Crippen LogP contribution in [0, 0.1) is 10.1 Å². The van der Waals surface area contributed by atoms with Gasteiger partial charge in [0.2, 0.25) is 0 Å². The molecule has 0 aromatic heterocycles. The standard InChI is InChI=1S/C18H19NO5/c1-4-24-18-12-14(8-10-17(18)23-3)6-5-13-7-9-16(22-2)15(11-13)19(20)21/h5-12H,4H2,1-3H3. The van der Waals surface area contributed by atoms with Crippen molar-refractivity contribution in [3.8, 4) is 17.2 Å². The highest BCUT2D eigenvalue weighted by molar-refractivity contribution is 5.72. The lowest BCUT2D eigenvalue weighted by atomic mass is 10.1. The van der Waals surface area contributed by atoms with E-state index in [0.717, 1.165) is 5.56 Å². The zero-order valence-corrected chi connectivity index (χ0v) is 13.8. The third kappa shape index (κ3) is 4.04. The van der Waals surface area contributed by atoms with Crippen LogP contribution in [0.2, 0.25) is 0 Å². The van der Waals surface area contributed by atoms with Crippen LogP contribution < -0.4 is 14.2 Å². The van der Waals surface area contributed by atoms with Gasteiger partial charge in [-0.25, -0.2) is 0 Å². The number of hydrogen-bond acceptors (Lipinski definition) is 5. The number of hydrogen-bond donors (Lipinski definition) is 0. The van der Waals surface area contributed by atoms with Crippen molar-refractivity contribution in [1.82, 2.24) is 0 Å². The third-order valence-corrected chi connectivity index (χ3v) is 3.36. The zero-order chi connectivity index (χ0) is 17.5. The summed E-state index contributed by atoms with van der Waals surface area (Å²) < 4.78 is 15.8. The molecule has 0 aliphatic rings. The van der Waals surface area contributed by atoms with Crippen molar-refractivity contribution in [1.29, 1.82) is 0 Å². The van der Waals surface area contributed by atoms with E-state index >= 15 is 0 Å². The Hall–Kier alpha value is -3.02. The Morgan fingerprint density at radius 2 is 1.54 bits per heavy atom. The van der Waals surface area contributed by atoms with Gasteiger partial charge < -0.3 is 14.2 Å². The lowest BCUT2D eigenvalue weighted by Gasteiger charge is -2.09. The summed E-state index contributed by atoms with van der Waals surface area (Å²) in [5.74, 6) is 1.55. The topological polar surface area (TPSA) is 70.8 Å². The molecule has 6 heteroatoms. The van der Waals surface area contributed by atoms with Gasteiger partial charge in [-0.2, -0.15) is 0 Å². The molecule has 0 saturated carbocycles. The van der Waals surface area contributed by atoms with E-state index < -0.39 is 4.92 Å². The number of nitro groups is 1. The first kappa shape index (κ1) is 17.3. The van der Waals surface area contributed by atoms with Crippen molar-refractivity contribution in [2.75, 3.05) is 20.8 Å². The number of rotatable bonds is 7. The Kier molecular flexibility index (Phi) is 5.78. The molecular weight excluding hydrogens is 310 g/mol. The molecule has 0 N–H and O–H groups in total. The number of benzene rings is 2. The predicted octanol–water partition coefficient (Wildman–Crippen LogP) is 4.18. The molecule has 126 valence electrons. The average molecular weight is 329 g/mol. The smallest absolute Gasteiger partial charge is 0.311 e. The molecule has 2 rings (SSSR count). The van der Waals surface area contributed by atoms with Crippen LogP contribution in [0.3, 0.4) is 0 Å². The third-order valence-electron chi connectivity index (χ3n) is 3.36. The molecule has 24 heavy (non-hydrogen) atoms. The Balaban J connectivity index is 2.29. The van der Waals surface area contributed by atoms with Gasteiger partial charge in [-0.3, -0.25) is 10.1 Å². The second-order valence-electron chi connectivity index (χ2n) is 4.87. The number of ether oxygens (including phenoxy) is 3. The van der Waals surface area contributed by atoms with E-state index in [1.807, 2.05) is 31.2 Å². The van der Waals surface area contributed by atoms with Gasteiger partial charge in [-0.15, -0.1) is 0 Å². The molecule has 0 fully saturated rings. The van der Waals surface area contributed by atoms with Gasteiger partial charge >= 0.3 is 5.69 Å². The van der Waals surface area contributed by atoms with E-state index in [1.54, 1.807) is 25.3 Å². The Labute approximate surface area is 140 Å². The normalized spacial score (nSPS) is 10.6. The minimum absolute atomic E-state index is 0.0654. The molecule has 6 nitrogen and oxygen atoms in total. The van der Waals surface area contributed by atoms with E-state index in [-0.39, 0.29) is 11.4 Å². The minimum atomic E-state index is -0.462. The number of nitrogens with zero attached hydrogens (tertiary/aromatic N) is 1. The van der Waals surface area contributed by atoms with Gasteiger partial charge in [0.15, 0.2) is 17.2 Å². The second-order valence-corrected chi connectivity index (χ2v) is 4.87. The van der Waals surface area contributed by atoms with Crippen molar-refractivity contribution in [2.45, 2.75) is 6.92 Å². The number of methoxy groups -OCH3 is 2. The van der Waals surface area contributed by atoms with Crippen LogP contribution in [0.5, 0.6) is 17.2 Å². The quantitative estimate of drug-likeness (QED) is 0.433. The van der Waals surface area contributed by atoms with Crippen molar-refractivity contribution in [3.63, 3.8) is 0 Å². The molecule has 0 amide bonds. The van der Waals surface area contributed by atoms with Crippen molar-refractivity contribution in [3.05, 3.63) is 57.6 Å². The first-order valence-electron chi connectivity index (χ1n) is 7.40. The van der Waals surface area contributed by atoms with Crippen LogP contribution in [0.15, 0.2) is 36.4 Å². The molecule has 0 spiro atoms. The molecule has 0 aliphatic heterocycles. The first-order chi connectivity index (χ1) is 11.6. The average Bonchev–Trinajstić information content (AvgIpc) is 2.60. The zero-order valence-electron chi connectivity index (χ0n) is 13.8. The van der Waals surface area contributed by atoms with Crippen LogP contribution in [-0.2, 0) is 0 Å². The maximum absolute atomic E-state index is 11.1. The monoisotopic (exact) mass is 329 g/mol. The van der Waals surface area contributed by atoms with Gasteiger partial charge in [-0.05, 0) is 36.2 Å². The van der Waals surface area contributed by atoms with Crippen LogP contribution in [0.4, 0.5) is 5.69 Å². The second kappa shape index (κ2) is 8.01. The highest BCUT2D eigenvalue weighted by Gasteiger charge is 2.14. The molecule has 2 aromatic rings. The Bertz CT molecular complexity index is 755. The van der Waals surface area contributed by atoms with Gasteiger partial charge in [0, 0.05) is 6.07 Å². The van der Waals surface area contributed by atoms with Gasteiger partial charge in [0.1, 0.15) is 0 Å². The highest BCUT2D eigenvalue weighted by atomic mass is 16.6. The van der Waals surface area contributed by atoms with Crippen LogP contribution >= 0.6 is 0 Å². The fraction of sp³-hybridized carbons (Fsp3) is 0.222. The van der Waals surface area contributed by atoms with Crippen LogP contribution in [-0.4, -0.2) is 25.7 Å². The van der Waals surface area contributed by atoms with E-state index in [4.69, 9.17) is 14.2 Å². The molecule has 0 bridgehead atoms. The molecule has 2 aromatic carbocycles. The van der Waals surface area contributed by atoms with E-state index in [0.29, 0.717) is 23.7 Å². The van der Waals surface area contributed by atoms with Crippen LogP contribution in [0.1, 0.15) is 18.1 Å². The van der Waals surface area contributed by atoms with Gasteiger partial charge in [-0.1, -0.05) is 24.3 Å². The summed E-state index contributed by atoms with van der Waals surface area (Å²) >= 11 is 0. The van der Waals surface area contributed by atoms with Crippen molar-refractivity contribution in [2.24, 2.45) is 0 Å². The maximum Gasteiger partial charge on any atom is 0.311 e. The lowest BCUT2D eigenvalue weighted by Crippen LogP contribution is -1.95. The highest BCUT2D eigenvalue weighted by Crippen LogP contribution is 2.30. The van der Waals surface area contributed by atoms with E-state index in [1.165, 1.54) is 13.2 Å². The predicted molar refractivity (Wildman–Crippen MR) is 92.7 cm³/mol. The summed E-state index contributed by atoms with van der Waals surface area (Å²) in [5, 5.41) is 11.1. The van der Waals surface area contributed by atoms with Crippen molar-refractivity contribution < 1.29 is 19.1 Å². The SMILES string of the molecule is CCOc1cc(C=Cc2ccc(OC)c([N+](=O)[O-])c2)ccc1OC. The Morgan fingerprint density at radius 3 is 2.08 bits per heavy atom. The fourth-order valence-electron chi connectivity index (χ4n) is 2.21. The molecule has 0 aliphatic carbocycles. The minimum Gasteiger partial charge on any atom is -0.493 e. The molecule has 0 atom stereocenters. The van der Waals surface area contributed by atoms with E-state index in [9.17, 15) is 10.1 Å². The van der Waals surface area contributed by atoms with Gasteiger partial charge in [0.25, 0.3) is 0 Å². The molecule has 0 radical (unpaired) electrons. The molecular formula is C18H19NO5. The van der Waals surface area contributed by atoms with Crippen molar-refractivity contribution >= 4 is 17.8 Å². The van der Waals surface area contributed by atoms with Crippen LogP contribution in [0.25, 0.3) is 12.2 Å². The molecule has 0 unspecified atom stereocenters. The van der Waals surface area contributed by atoms with Gasteiger partial charge in [0.05, 0.1) is 25.7 Å². The summed E-state index contributed by atoms with van der Waals surface area (Å²) in [6.07, 6.45) is 3.65. The summed E-state index contributed by atoms with van der Waals surface area (Å²) in [6, 6.07) is 10.4. The lowest BCUT2D eigenvalue weighted by molar-refractivity contribution is -0.385. The summed E-state index contributed by atoms with van der Waals surface area (Å²) in [4.78, 5) is 10.6. The summed E-state index contributed by atoms with van der Waals surface area (Å²) in [5.41, 5.74) is 1.54. The van der Waals surface area contributed by atoms with E-state index in [2.05, 4.69) is 0 Å². The largest absolute Gasteiger partial charge is 0.493 e. The first-order valence-corrected chi connectivity index (χ1v) is 7.40. The summed E-state index contributed by atoms with van der Waals surface area (Å²) in [7, 11) is 2.99.